The van der Waals surface area contributed by atoms with Gasteiger partial charge in [-0.25, -0.2) is 9.97 Å². The molecule has 8 heteroatoms. The Morgan fingerprint density at radius 1 is 0.966 bits per heavy atom. The van der Waals surface area contributed by atoms with Crippen LogP contribution in [-0.4, -0.2) is 23.0 Å². The lowest BCUT2D eigenvalue weighted by Gasteiger charge is -2.13. The molecule has 156 valence electrons. The van der Waals surface area contributed by atoms with E-state index in [-0.39, 0.29) is 29.4 Å². The summed E-state index contributed by atoms with van der Waals surface area (Å²) in [5.74, 6) is 3.42. The molecule has 0 aliphatic heterocycles. The predicted molar refractivity (Wildman–Crippen MR) is 124 cm³/mol. The molecule has 0 radical (unpaired) electrons. The first-order valence-corrected chi connectivity index (χ1v) is 9.26. The molecule has 0 amide bonds. The van der Waals surface area contributed by atoms with Crippen LogP contribution in [0.15, 0.2) is 50.5 Å². The number of aromatic nitrogens is 2. The standard InChI is InChI=1S/C21H27N5O2.HI/c1-14-6-8-15(9-7-14)16-10-23-18(27-16)12-25-20(22-5)26-13-19-24-11-17(28-19)21(2,3)4;/h6-11H,12-13H2,1-5H3,(H2,22,25,26);1H. The van der Waals surface area contributed by atoms with Crippen molar-refractivity contribution < 1.29 is 8.83 Å². The minimum atomic E-state index is -0.0642. The van der Waals surface area contributed by atoms with Gasteiger partial charge in [0.1, 0.15) is 5.76 Å². The van der Waals surface area contributed by atoms with E-state index in [1.54, 1.807) is 19.4 Å². The summed E-state index contributed by atoms with van der Waals surface area (Å²) in [6.45, 7) is 9.19. The molecule has 1 aromatic carbocycles. The summed E-state index contributed by atoms with van der Waals surface area (Å²) in [5, 5.41) is 6.36. The average molecular weight is 509 g/mol. The molecule has 0 atom stereocenters. The number of guanidine groups is 1. The molecule has 7 nitrogen and oxygen atoms in total. The van der Waals surface area contributed by atoms with Gasteiger partial charge in [0, 0.05) is 18.0 Å². The maximum Gasteiger partial charge on any atom is 0.214 e. The van der Waals surface area contributed by atoms with E-state index < -0.39 is 0 Å². The van der Waals surface area contributed by atoms with Crippen LogP contribution in [0.3, 0.4) is 0 Å². The van der Waals surface area contributed by atoms with Crippen molar-refractivity contribution in [1.29, 1.82) is 0 Å². The molecule has 3 rings (SSSR count). The SMILES string of the molecule is CN=C(NCc1ncc(-c2ccc(C)cc2)o1)NCc1ncc(C(C)(C)C)o1.I. The first kappa shape index (κ1) is 22.9. The van der Waals surface area contributed by atoms with Crippen molar-refractivity contribution in [3.8, 4) is 11.3 Å². The van der Waals surface area contributed by atoms with Crippen LogP contribution in [0.1, 0.15) is 43.9 Å². The summed E-state index contributed by atoms with van der Waals surface area (Å²) < 4.78 is 11.6. The smallest absolute Gasteiger partial charge is 0.214 e. The molecular formula is C21H28IN5O2. The van der Waals surface area contributed by atoms with Crippen LogP contribution in [0.5, 0.6) is 0 Å². The Bertz CT molecular complexity index is 939. The lowest BCUT2D eigenvalue weighted by atomic mass is 9.94. The van der Waals surface area contributed by atoms with Gasteiger partial charge in [-0.3, -0.25) is 4.99 Å². The van der Waals surface area contributed by atoms with Crippen LogP contribution in [0.4, 0.5) is 0 Å². The molecular weight excluding hydrogens is 481 g/mol. The third-order valence-corrected chi connectivity index (χ3v) is 4.22. The second-order valence-electron chi connectivity index (χ2n) is 7.63. The highest BCUT2D eigenvalue weighted by Crippen LogP contribution is 2.22. The zero-order valence-corrected chi connectivity index (χ0v) is 19.8. The summed E-state index contributed by atoms with van der Waals surface area (Å²) in [7, 11) is 1.71. The van der Waals surface area contributed by atoms with Gasteiger partial charge in [-0.2, -0.15) is 0 Å². The fourth-order valence-electron chi connectivity index (χ4n) is 2.52. The highest BCUT2D eigenvalue weighted by atomic mass is 127. The summed E-state index contributed by atoms with van der Waals surface area (Å²) >= 11 is 0. The second-order valence-corrected chi connectivity index (χ2v) is 7.63. The number of halogens is 1. The third kappa shape index (κ3) is 6.31. The number of aryl methyl sites for hydroxylation is 1. The van der Waals surface area contributed by atoms with Gasteiger partial charge >= 0.3 is 0 Å². The number of hydrogen-bond acceptors (Lipinski definition) is 5. The fraction of sp³-hybridized carbons (Fsp3) is 0.381. The Balaban J connectivity index is 0.00000300. The normalized spacial score (nSPS) is 11.8. The first-order valence-electron chi connectivity index (χ1n) is 9.26. The lowest BCUT2D eigenvalue weighted by molar-refractivity contribution is 0.379. The van der Waals surface area contributed by atoms with E-state index in [1.165, 1.54) is 5.56 Å². The summed E-state index contributed by atoms with van der Waals surface area (Å²) in [5.41, 5.74) is 2.15. The van der Waals surface area contributed by atoms with Crippen LogP contribution in [-0.2, 0) is 18.5 Å². The summed E-state index contributed by atoms with van der Waals surface area (Å²) in [6.07, 6.45) is 3.51. The zero-order valence-electron chi connectivity index (χ0n) is 17.4. The molecule has 0 saturated heterocycles. The molecule has 0 bridgehead atoms. The topological polar surface area (TPSA) is 88.5 Å². The van der Waals surface area contributed by atoms with Gasteiger partial charge in [-0.05, 0) is 6.92 Å². The molecule has 0 saturated carbocycles. The van der Waals surface area contributed by atoms with Gasteiger partial charge in [0.15, 0.2) is 11.7 Å². The van der Waals surface area contributed by atoms with Crippen LogP contribution in [0, 0.1) is 6.92 Å². The number of hydrogen-bond donors (Lipinski definition) is 2. The average Bonchev–Trinajstić information content (AvgIpc) is 3.32. The highest BCUT2D eigenvalue weighted by Gasteiger charge is 2.19. The van der Waals surface area contributed by atoms with Crippen molar-refractivity contribution in [1.82, 2.24) is 20.6 Å². The van der Waals surface area contributed by atoms with Gasteiger partial charge < -0.3 is 19.5 Å². The molecule has 3 aromatic rings. The molecule has 0 fully saturated rings. The number of rotatable bonds is 5. The summed E-state index contributed by atoms with van der Waals surface area (Å²) in [6, 6.07) is 8.15. The zero-order chi connectivity index (χ0) is 20.1. The van der Waals surface area contributed by atoms with E-state index in [4.69, 9.17) is 8.83 Å². The third-order valence-electron chi connectivity index (χ3n) is 4.22. The second kappa shape index (κ2) is 9.91. The Morgan fingerprint density at radius 2 is 1.55 bits per heavy atom. The lowest BCUT2D eigenvalue weighted by Crippen LogP contribution is -2.36. The largest absolute Gasteiger partial charge is 0.443 e. The van der Waals surface area contributed by atoms with E-state index in [2.05, 4.69) is 65.4 Å². The van der Waals surface area contributed by atoms with Gasteiger partial charge in [0.05, 0.1) is 25.5 Å². The van der Waals surface area contributed by atoms with Crippen molar-refractivity contribution in [3.63, 3.8) is 0 Å². The molecule has 29 heavy (non-hydrogen) atoms. The molecule has 0 spiro atoms. The Hall–Kier alpha value is -2.36. The molecule has 2 aromatic heterocycles. The summed E-state index contributed by atoms with van der Waals surface area (Å²) in [4.78, 5) is 12.8. The van der Waals surface area contributed by atoms with Crippen molar-refractivity contribution in [2.24, 2.45) is 4.99 Å². The molecule has 0 aliphatic carbocycles. The maximum absolute atomic E-state index is 5.82. The van der Waals surface area contributed by atoms with Crippen LogP contribution in [0.2, 0.25) is 0 Å². The molecule has 2 N–H and O–H groups in total. The van der Waals surface area contributed by atoms with E-state index in [0.717, 1.165) is 17.1 Å². The highest BCUT2D eigenvalue weighted by molar-refractivity contribution is 14.0. The van der Waals surface area contributed by atoms with Gasteiger partial charge in [0.2, 0.25) is 11.8 Å². The van der Waals surface area contributed by atoms with Crippen molar-refractivity contribution in [3.05, 3.63) is 59.8 Å². The van der Waals surface area contributed by atoms with Crippen molar-refractivity contribution in [2.75, 3.05) is 7.05 Å². The van der Waals surface area contributed by atoms with Crippen molar-refractivity contribution >= 4 is 29.9 Å². The minimum Gasteiger partial charge on any atom is -0.443 e. The number of benzene rings is 1. The quantitative estimate of drug-likeness (QED) is 0.301. The van der Waals surface area contributed by atoms with Crippen LogP contribution >= 0.6 is 24.0 Å². The Labute approximate surface area is 188 Å². The van der Waals surface area contributed by atoms with E-state index >= 15 is 0 Å². The monoisotopic (exact) mass is 509 g/mol. The van der Waals surface area contributed by atoms with Crippen LogP contribution < -0.4 is 10.6 Å². The number of nitrogens with one attached hydrogen (secondary N) is 2. The van der Waals surface area contributed by atoms with E-state index in [9.17, 15) is 0 Å². The van der Waals surface area contributed by atoms with Gasteiger partial charge in [0.25, 0.3) is 0 Å². The van der Waals surface area contributed by atoms with Crippen LogP contribution in [0.25, 0.3) is 11.3 Å². The molecule has 0 aliphatic rings. The predicted octanol–water partition coefficient (Wildman–Crippen LogP) is 4.42. The van der Waals surface area contributed by atoms with E-state index in [1.807, 2.05) is 12.1 Å². The number of aliphatic imine (C=N–C) groups is 1. The van der Waals surface area contributed by atoms with E-state index in [0.29, 0.717) is 30.8 Å². The number of nitrogens with zero attached hydrogens (tertiary/aromatic N) is 3. The minimum absolute atomic E-state index is 0. The Morgan fingerprint density at radius 3 is 2.10 bits per heavy atom. The fourth-order valence-corrected chi connectivity index (χ4v) is 2.52. The first-order chi connectivity index (χ1) is 13.3. The van der Waals surface area contributed by atoms with Crippen molar-refractivity contribution in [2.45, 2.75) is 46.2 Å². The molecule has 0 unspecified atom stereocenters. The maximum atomic E-state index is 5.82. The Kier molecular flexibility index (Phi) is 7.83. The van der Waals surface area contributed by atoms with Gasteiger partial charge in [-0.1, -0.05) is 50.6 Å². The number of oxazole rings is 2. The van der Waals surface area contributed by atoms with Gasteiger partial charge in [-0.15, -0.1) is 24.0 Å². The molecule has 2 heterocycles.